The van der Waals surface area contributed by atoms with E-state index in [1.165, 1.54) is 15.9 Å². The number of nitriles is 1. The van der Waals surface area contributed by atoms with E-state index in [1.807, 2.05) is 25.1 Å². The molecule has 1 aromatic heterocycles. The van der Waals surface area contributed by atoms with Crippen LogP contribution in [-0.2, 0) is 9.53 Å². The van der Waals surface area contributed by atoms with Crippen LogP contribution in [0.3, 0.4) is 0 Å². The third kappa shape index (κ3) is 5.65. The normalized spacial score (nSPS) is 14.9. The van der Waals surface area contributed by atoms with Crippen LogP contribution in [0.5, 0.6) is 11.5 Å². The molecule has 2 aromatic carbocycles. The molecule has 0 fully saturated rings. The first-order valence-electron chi connectivity index (χ1n) is 11.7. The number of nitrogens with zero attached hydrogens (tertiary/aromatic N) is 3. The second-order valence-corrected chi connectivity index (χ2v) is 10.7. The molecular formula is C27H23ClIN3O5S. The molecule has 11 heteroatoms. The van der Waals surface area contributed by atoms with Gasteiger partial charge in [0.1, 0.15) is 17.6 Å². The Hall–Kier alpha value is -3.14. The van der Waals surface area contributed by atoms with Crippen molar-refractivity contribution in [2.75, 3.05) is 19.8 Å². The van der Waals surface area contributed by atoms with E-state index in [0.29, 0.717) is 58.4 Å². The lowest BCUT2D eigenvalue weighted by molar-refractivity contribution is -0.139. The Balaban J connectivity index is 1.94. The minimum Gasteiger partial charge on any atom is -0.494 e. The predicted octanol–water partition coefficient (Wildman–Crippen LogP) is 4.36. The summed E-state index contributed by atoms with van der Waals surface area (Å²) < 4.78 is 19.1. The molecule has 0 radical (unpaired) electrons. The highest BCUT2D eigenvalue weighted by atomic mass is 127. The minimum absolute atomic E-state index is 0.153. The van der Waals surface area contributed by atoms with Crippen LogP contribution < -0.4 is 24.4 Å². The molecule has 0 bridgehead atoms. The molecule has 0 saturated carbocycles. The van der Waals surface area contributed by atoms with Gasteiger partial charge in [-0.1, -0.05) is 35.1 Å². The van der Waals surface area contributed by atoms with Gasteiger partial charge in [-0.15, -0.1) is 0 Å². The second kappa shape index (κ2) is 12.1. The zero-order valence-corrected chi connectivity index (χ0v) is 24.5. The number of halogens is 2. The lowest BCUT2D eigenvalue weighted by Crippen LogP contribution is -2.39. The van der Waals surface area contributed by atoms with Gasteiger partial charge in [0.05, 0.1) is 38.6 Å². The second-order valence-electron chi connectivity index (χ2n) is 8.06. The Morgan fingerprint density at radius 2 is 1.97 bits per heavy atom. The summed E-state index contributed by atoms with van der Waals surface area (Å²) in [7, 11) is 0. The van der Waals surface area contributed by atoms with Crippen LogP contribution in [0.25, 0.3) is 6.08 Å². The molecule has 0 N–H and O–H groups in total. The number of rotatable bonds is 8. The number of ether oxygens (including phenoxy) is 3. The fourth-order valence-electron chi connectivity index (χ4n) is 4.11. The van der Waals surface area contributed by atoms with Crippen molar-refractivity contribution >= 4 is 57.6 Å². The summed E-state index contributed by atoms with van der Waals surface area (Å²) in [5.74, 6) is 0.606. The third-order valence-corrected chi connectivity index (χ3v) is 7.63. The molecular weight excluding hydrogens is 641 g/mol. The Kier molecular flexibility index (Phi) is 8.91. The maximum Gasteiger partial charge on any atom is 0.338 e. The lowest BCUT2D eigenvalue weighted by Gasteiger charge is -2.24. The summed E-state index contributed by atoms with van der Waals surface area (Å²) in [6.45, 7) is 5.92. The topological polar surface area (TPSA) is 103 Å². The minimum atomic E-state index is -0.739. The number of thiazole rings is 1. The summed E-state index contributed by atoms with van der Waals surface area (Å²) in [5.41, 5.74) is 1.72. The first kappa shape index (κ1) is 27.9. The highest BCUT2D eigenvalue weighted by Gasteiger charge is 2.33. The van der Waals surface area contributed by atoms with Crippen LogP contribution in [0.1, 0.15) is 37.9 Å². The van der Waals surface area contributed by atoms with Crippen molar-refractivity contribution in [3.8, 4) is 17.6 Å². The van der Waals surface area contributed by atoms with Crippen molar-refractivity contribution in [3.05, 3.63) is 87.1 Å². The van der Waals surface area contributed by atoms with Gasteiger partial charge in [0.25, 0.3) is 5.56 Å². The van der Waals surface area contributed by atoms with Crippen molar-refractivity contribution < 1.29 is 19.0 Å². The molecule has 0 spiro atoms. The Bertz CT molecular complexity index is 1640. The van der Waals surface area contributed by atoms with E-state index >= 15 is 0 Å². The number of benzene rings is 2. The van der Waals surface area contributed by atoms with E-state index in [1.54, 1.807) is 44.2 Å². The summed E-state index contributed by atoms with van der Waals surface area (Å²) >= 11 is 9.56. The van der Waals surface area contributed by atoms with Crippen LogP contribution >= 0.6 is 45.5 Å². The third-order valence-electron chi connectivity index (χ3n) is 5.63. The van der Waals surface area contributed by atoms with E-state index in [9.17, 15) is 9.59 Å². The van der Waals surface area contributed by atoms with Crippen molar-refractivity contribution in [1.82, 2.24) is 4.57 Å². The first-order chi connectivity index (χ1) is 18.3. The maximum absolute atomic E-state index is 13.9. The van der Waals surface area contributed by atoms with Gasteiger partial charge in [0.15, 0.2) is 11.4 Å². The molecule has 1 aliphatic heterocycles. The van der Waals surface area contributed by atoms with Crippen molar-refractivity contribution in [1.29, 1.82) is 5.26 Å². The van der Waals surface area contributed by atoms with Crippen LogP contribution in [0.2, 0.25) is 5.02 Å². The molecule has 3 aromatic rings. The van der Waals surface area contributed by atoms with Gasteiger partial charge in [-0.05, 0) is 79.3 Å². The van der Waals surface area contributed by atoms with E-state index < -0.39 is 12.0 Å². The first-order valence-corrected chi connectivity index (χ1v) is 14.0. The highest BCUT2D eigenvalue weighted by molar-refractivity contribution is 14.1. The summed E-state index contributed by atoms with van der Waals surface area (Å²) in [6.07, 6.45) is 1.67. The Morgan fingerprint density at radius 3 is 2.63 bits per heavy atom. The number of esters is 1. The number of aromatic nitrogens is 1. The number of hydrogen-bond donors (Lipinski definition) is 0. The summed E-state index contributed by atoms with van der Waals surface area (Å²) in [5, 5.41) is 9.46. The maximum atomic E-state index is 13.9. The zero-order valence-electron chi connectivity index (χ0n) is 20.8. The van der Waals surface area contributed by atoms with Gasteiger partial charge < -0.3 is 14.2 Å². The number of carbonyl (C=O) groups excluding carboxylic acids is 1. The predicted molar refractivity (Wildman–Crippen MR) is 153 cm³/mol. The molecule has 0 aliphatic carbocycles. The number of carbonyl (C=O) groups is 1. The van der Waals surface area contributed by atoms with Gasteiger partial charge in [-0.3, -0.25) is 9.36 Å². The molecule has 1 atom stereocenters. The fraction of sp³-hybridized carbons (Fsp3) is 0.259. The fourth-order valence-corrected chi connectivity index (χ4v) is 6.36. The smallest absolute Gasteiger partial charge is 0.338 e. The van der Waals surface area contributed by atoms with Gasteiger partial charge in [0, 0.05) is 10.6 Å². The molecule has 38 heavy (non-hydrogen) atoms. The molecule has 196 valence electrons. The van der Waals surface area contributed by atoms with E-state index in [2.05, 4.69) is 27.6 Å². The standard InChI is InChI=1S/C27H23ClIN3O5S/c1-4-35-19-8-6-16(7-9-19)23-22(26(34)36-5-2)15(3)31-27-32(23)25(33)21(38-27)13-17-12-18(28)14-20(29)24(17)37-11-10-30/h6-9,12-14,23H,4-5,11H2,1-3H3/b21-13-/t23-/m1/s1. The SMILES string of the molecule is CCOC(=O)C1=C(C)N=c2s/c(=C\c3cc(Cl)cc(I)c3OCC#N)c(=O)n2[C@@H]1c1ccc(OCC)cc1. The Morgan fingerprint density at radius 1 is 1.24 bits per heavy atom. The lowest BCUT2D eigenvalue weighted by atomic mass is 9.96. The number of hydrogen-bond acceptors (Lipinski definition) is 8. The number of allylic oxidation sites excluding steroid dienone is 1. The molecule has 4 rings (SSSR count). The van der Waals surface area contributed by atoms with E-state index in [-0.39, 0.29) is 18.8 Å². The molecule has 0 saturated heterocycles. The van der Waals surface area contributed by atoms with Crippen molar-refractivity contribution in [2.24, 2.45) is 4.99 Å². The number of fused-ring (bicyclic) bond motifs is 1. The van der Waals surface area contributed by atoms with Crippen LogP contribution in [-0.4, -0.2) is 30.4 Å². The van der Waals surface area contributed by atoms with E-state index in [0.717, 1.165) is 0 Å². The van der Waals surface area contributed by atoms with Gasteiger partial charge in [0.2, 0.25) is 0 Å². The summed E-state index contributed by atoms with van der Waals surface area (Å²) in [6, 6.07) is 11.9. The van der Waals surface area contributed by atoms with Gasteiger partial charge >= 0.3 is 5.97 Å². The monoisotopic (exact) mass is 663 g/mol. The van der Waals surface area contributed by atoms with Crippen LogP contribution in [0.15, 0.2) is 57.5 Å². The van der Waals surface area contributed by atoms with Crippen molar-refractivity contribution in [2.45, 2.75) is 26.8 Å². The van der Waals surface area contributed by atoms with E-state index in [4.69, 9.17) is 31.1 Å². The molecule has 2 heterocycles. The van der Waals surface area contributed by atoms with Gasteiger partial charge in [-0.2, -0.15) is 5.26 Å². The molecule has 1 aliphatic rings. The van der Waals surface area contributed by atoms with Crippen LogP contribution in [0.4, 0.5) is 0 Å². The average molecular weight is 664 g/mol. The molecule has 0 amide bonds. The summed E-state index contributed by atoms with van der Waals surface area (Å²) in [4.78, 5) is 32.0. The zero-order chi connectivity index (χ0) is 27.4. The average Bonchev–Trinajstić information content (AvgIpc) is 3.17. The Labute approximate surface area is 241 Å². The quantitative estimate of drug-likeness (QED) is 0.262. The molecule has 0 unspecified atom stereocenters. The van der Waals surface area contributed by atoms with Crippen molar-refractivity contribution in [3.63, 3.8) is 0 Å². The highest BCUT2D eigenvalue weighted by Crippen LogP contribution is 2.32. The molecule has 8 nitrogen and oxygen atoms in total. The largest absolute Gasteiger partial charge is 0.494 e. The van der Waals surface area contributed by atoms with Gasteiger partial charge in [-0.25, -0.2) is 9.79 Å². The van der Waals surface area contributed by atoms with Crippen LogP contribution in [0, 0.1) is 14.9 Å².